The van der Waals surface area contributed by atoms with Gasteiger partial charge in [0.1, 0.15) is 0 Å². The number of hydrogen-bond acceptors (Lipinski definition) is 2. The molecule has 1 aliphatic heterocycles. The summed E-state index contributed by atoms with van der Waals surface area (Å²) in [6, 6.07) is 0.524. The highest BCUT2D eigenvalue weighted by Crippen LogP contribution is 2.33. The van der Waals surface area contributed by atoms with Gasteiger partial charge in [0.15, 0.2) is 0 Å². The summed E-state index contributed by atoms with van der Waals surface area (Å²) in [7, 11) is 0. The quantitative estimate of drug-likeness (QED) is 0.835. The fraction of sp³-hybridized carbons (Fsp3) is 0.941. The summed E-state index contributed by atoms with van der Waals surface area (Å²) in [5, 5.41) is 3.51. The molecule has 2 fully saturated rings. The number of nitrogens with one attached hydrogen (secondary N) is 1. The number of nitrogens with zero attached hydrogens (tertiary/aromatic N) is 1. The molecule has 3 atom stereocenters. The van der Waals surface area contributed by atoms with Crippen LogP contribution in [0, 0.1) is 11.8 Å². The van der Waals surface area contributed by atoms with Crippen LogP contribution in [0.2, 0.25) is 0 Å². The largest absolute Gasteiger partial charge is 0.323 e. The van der Waals surface area contributed by atoms with E-state index in [0.717, 1.165) is 12.3 Å². The maximum atomic E-state index is 12.7. The van der Waals surface area contributed by atoms with Gasteiger partial charge in [0.05, 0.1) is 12.2 Å². The second-order valence-electron chi connectivity index (χ2n) is 6.91. The van der Waals surface area contributed by atoms with E-state index in [2.05, 4.69) is 37.9 Å². The zero-order valence-electron chi connectivity index (χ0n) is 13.7. The van der Waals surface area contributed by atoms with Crippen LogP contribution in [0.25, 0.3) is 0 Å². The Balaban J connectivity index is 1.94. The molecule has 116 valence electrons. The van der Waals surface area contributed by atoms with Crippen molar-refractivity contribution in [1.82, 2.24) is 10.2 Å². The topological polar surface area (TPSA) is 32.3 Å². The van der Waals surface area contributed by atoms with Crippen LogP contribution in [-0.2, 0) is 4.79 Å². The molecule has 0 aromatic carbocycles. The molecule has 3 heteroatoms. The SMILES string of the molecule is CCCC1CCC(N2C(=O)C(C(C)CC)NC2C)CC1. The van der Waals surface area contributed by atoms with Crippen molar-refractivity contribution < 1.29 is 4.79 Å². The molecule has 1 saturated heterocycles. The molecular formula is C17H32N2O. The summed E-state index contributed by atoms with van der Waals surface area (Å²) in [6.07, 6.45) is 8.97. The van der Waals surface area contributed by atoms with Crippen molar-refractivity contribution in [1.29, 1.82) is 0 Å². The highest BCUT2D eigenvalue weighted by atomic mass is 16.2. The van der Waals surface area contributed by atoms with Crippen molar-refractivity contribution in [3.05, 3.63) is 0 Å². The van der Waals surface area contributed by atoms with Gasteiger partial charge in [0.2, 0.25) is 5.91 Å². The number of amides is 1. The van der Waals surface area contributed by atoms with Gasteiger partial charge in [-0.3, -0.25) is 10.1 Å². The molecule has 0 aromatic rings. The molecule has 0 radical (unpaired) electrons. The lowest BCUT2D eigenvalue weighted by Crippen LogP contribution is -2.45. The monoisotopic (exact) mass is 280 g/mol. The van der Waals surface area contributed by atoms with Crippen LogP contribution in [0.5, 0.6) is 0 Å². The lowest BCUT2D eigenvalue weighted by Gasteiger charge is -2.36. The summed E-state index contributed by atoms with van der Waals surface area (Å²) in [4.78, 5) is 14.9. The predicted molar refractivity (Wildman–Crippen MR) is 83.3 cm³/mol. The van der Waals surface area contributed by atoms with Gasteiger partial charge in [-0.05, 0) is 44.4 Å². The maximum absolute atomic E-state index is 12.7. The van der Waals surface area contributed by atoms with Crippen LogP contribution in [-0.4, -0.2) is 29.1 Å². The first-order valence-electron chi connectivity index (χ1n) is 8.66. The maximum Gasteiger partial charge on any atom is 0.241 e. The lowest BCUT2D eigenvalue weighted by atomic mass is 9.83. The molecular weight excluding hydrogens is 248 g/mol. The van der Waals surface area contributed by atoms with Crippen molar-refractivity contribution in [3.63, 3.8) is 0 Å². The average molecular weight is 280 g/mol. The number of carbonyl (C=O) groups excluding carboxylic acids is 1. The zero-order valence-corrected chi connectivity index (χ0v) is 13.7. The Labute approximate surface area is 124 Å². The molecule has 1 N–H and O–H groups in total. The molecule has 1 aliphatic carbocycles. The fourth-order valence-electron chi connectivity index (χ4n) is 4.02. The summed E-state index contributed by atoms with van der Waals surface area (Å²) in [5.74, 6) is 1.69. The summed E-state index contributed by atoms with van der Waals surface area (Å²) in [6.45, 7) is 8.78. The van der Waals surface area contributed by atoms with Gasteiger partial charge in [0, 0.05) is 6.04 Å². The number of hydrogen-bond donors (Lipinski definition) is 1. The summed E-state index contributed by atoms with van der Waals surface area (Å²) < 4.78 is 0. The van der Waals surface area contributed by atoms with E-state index in [4.69, 9.17) is 0 Å². The number of carbonyl (C=O) groups is 1. The Morgan fingerprint density at radius 1 is 1.25 bits per heavy atom. The van der Waals surface area contributed by atoms with Crippen LogP contribution in [0.1, 0.15) is 72.6 Å². The van der Waals surface area contributed by atoms with E-state index in [-0.39, 0.29) is 12.2 Å². The third-order valence-corrected chi connectivity index (χ3v) is 5.48. The first-order valence-corrected chi connectivity index (χ1v) is 8.66. The van der Waals surface area contributed by atoms with Crippen molar-refractivity contribution in [2.75, 3.05) is 0 Å². The Morgan fingerprint density at radius 3 is 2.45 bits per heavy atom. The van der Waals surface area contributed by atoms with E-state index in [9.17, 15) is 4.79 Å². The summed E-state index contributed by atoms with van der Waals surface area (Å²) in [5.41, 5.74) is 0. The molecule has 3 nitrogen and oxygen atoms in total. The van der Waals surface area contributed by atoms with E-state index in [1.165, 1.54) is 38.5 Å². The van der Waals surface area contributed by atoms with E-state index in [1.54, 1.807) is 0 Å². The van der Waals surface area contributed by atoms with Crippen LogP contribution in [0.3, 0.4) is 0 Å². The van der Waals surface area contributed by atoms with E-state index in [0.29, 0.717) is 17.9 Å². The van der Waals surface area contributed by atoms with Gasteiger partial charge in [0.25, 0.3) is 0 Å². The van der Waals surface area contributed by atoms with Gasteiger partial charge < -0.3 is 4.90 Å². The van der Waals surface area contributed by atoms with Crippen LogP contribution < -0.4 is 5.32 Å². The van der Waals surface area contributed by atoms with Gasteiger partial charge in [-0.15, -0.1) is 0 Å². The third kappa shape index (κ3) is 3.19. The van der Waals surface area contributed by atoms with Crippen molar-refractivity contribution >= 4 is 5.91 Å². The van der Waals surface area contributed by atoms with Crippen LogP contribution >= 0.6 is 0 Å². The van der Waals surface area contributed by atoms with Gasteiger partial charge in [-0.25, -0.2) is 0 Å². The van der Waals surface area contributed by atoms with Crippen molar-refractivity contribution in [2.24, 2.45) is 11.8 Å². The number of rotatable bonds is 5. The van der Waals surface area contributed by atoms with Gasteiger partial charge in [-0.1, -0.05) is 40.0 Å². The third-order valence-electron chi connectivity index (χ3n) is 5.48. The highest BCUT2D eigenvalue weighted by molar-refractivity contribution is 5.84. The van der Waals surface area contributed by atoms with Crippen molar-refractivity contribution in [2.45, 2.75) is 90.9 Å². The highest BCUT2D eigenvalue weighted by Gasteiger charge is 2.42. The fourth-order valence-corrected chi connectivity index (χ4v) is 4.02. The Hall–Kier alpha value is -0.570. The Kier molecular flexibility index (Phi) is 5.48. The summed E-state index contributed by atoms with van der Waals surface area (Å²) >= 11 is 0. The molecule has 2 rings (SSSR count). The van der Waals surface area contributed by atoms with Crippen molar-refractivity contribution in [3.8, 4) is 0 Å². The molecule has 20 heavy (non-hydrogen) atoms. The average Bonchev–Trinajstić information content (AvgIpc) is 2.75. The first-order chi connectivity index (χ1) is 9.58. The van der Waals surface area contributed by atoms with E-state index >= 15 is 0 Å². The minimum atomic E-state index is 0.0448. The standard InChI is InChI=1S/C17H32N2O/c1-5-7-14-8-10-15(11-9-14)19-13(4)18-16(17(19)20)12(3)6-2/h12-16,18H,5-11H2,1-4H3. The van der Waals surface area contributed by atoms with Gasteiger partial charge >= 0.3 is 0 Å². The molecule has 1 amide bonds. The smallest absolute Gasteiger partial charge is 0.241 e. The molecule has 2 aliphatic rings. The van der Waals surface area contributed by atoms with Crippen LogP contribution in [0.4, 0.5) is 0 Å². The lowest BCUT2D eigenvalue weighted by molar-refractivity contribution is -0.133. The minimum Gasteiger partial charge on any atom is -0.323 e. The Bertz CT molecular complexity index is 323. The minimum absolute atomic E-state index is 0.0448. The molecule has 0 spiro atoms. The molecule has 3 unspecified atom stereocenters. The van der Waals surface area contributed by atoms with Crippen LogP contribution in [0.15, 0.2) is 0 Å². The second kappa shape index (κ2) is 6.93. The predicted octanol–water partition coefficient (Wildman–Crippen LogP) is 3.54. The van der Waals surface area contributed by atoms with E-state index in [1.807, 2.05) is 0 Å². The molecule has 0 aromatic heterocycles. The van der Waals surface area contributed by atoms with Gasteiger partial charge in [-0.2, -0.15) is 0 Å². The second-order valence-corrected chi connectivity index (χ2v) is 6.91. The van der Waals surface area contributed by atoms with E-state index < -0.39 is 0 Å². The normalized spacial score (nSPS) is 36.4. The first kappa shape index (κ1) is 15.8. The molecule has 1 heterocycles. The zero-order chi connectivity index (χ0) is 14.7. The molecule has 1 saturated carbocycles. The molecule has 0 bridgehead atoms. The Morgan fingerprint density at radius 2 is 1.90 bits per heavy atom.